The molecule has 0 bridgehead atoms. The van der Waals surface area contributed by atoms with Crippen molar-refractivity contribution >= 4 is 44.4 Å². The number of benzene rings is 2. The van der Waals surface area contributed by atoms with Crippen LogP contribution in [0.15, 0.2) is 71.9 Å². The van der Waals surface area contributed by atoms with Crippen molar-refractivity contribution in [3.8, 4) is 0 Å². The van der Waals surface area contributed by atoms with Gasteiger partial charge in [-0.15, -0.1) is 11.8 Å². The molecule has 0 aliphatic rings. The fraction of sp³-hybridized carbons (Fsp3) is 0.269. The van der Waals surface area contributed by atoms with Crippen LogP contribution in [0.2, 0.25) is 0 Å². The summed E-state index contributed by atoms with van der Waals surface area (Å²) in [6.07, 6.45) is 4.67. The number of para-hydroxylation sites is 1. The van der Waals surface area contributed by atoms with Gasteiger partial charge in [-0.05, 0) is 65.6 Å². The van der Waals surface area contributed by atoms with Gasteiger partial charge in [-0.25, -0.2) is 9.37 Å². The van der Waals surface area contributed by atoms with Gasteiger partial charge >= 0.3 is 0 Å². The summed E-state index contributed by atoms with van der Waals surface area (Å²) >= 11 is 3.19. The van der Waals surface area contributed by atoms with Crippen molar-refractivity contribution < 1.29 is 9.18 Å². The van der Waals surface area contributed by atoms with Gasteiger partial charge in [-0.2, -0.15) is 0 Å². The highest BCUT2D eigenvalue weighted by Gasteiger charge is 2.21. The molecule has 0 unspecified atom stereocenters. The van der Waals surface area contributed by atoms with Crippen LogP contribution < -0.4 is 4.90 Å². The summed E-state index contributed by atoms with van der Waals surface area (Å²) in [6, 6.07) is 16.5. The molecule has 0 N–H and O–H groups in total. The molecule has 4 rings (SSSR count). The van der Waals surface area contributed by atoms with E-state index in [-0.39, 0.29) is 11.7 Å². The zero-order chi connectivity index (χ0) is 23.2. The molecule has 0 saturated heterocycles. The van der Waals surface area contributed by atoms with E-state index < -0.39 is 0 Å². The third kappa shape index (κ3) is 5.97. The molecule has 2 aromatic carbocycles. The number of thioether (sulfide) groups is 1. The Bertz CT molecular complexity index is 1210. The van der Waals surface area contributed by atoms with Crippen LogP contribution in [0.3, 0.4) is 0 Å². The highest BCUT2D eigenvalue weighted by molar-refractivity contribution is 7.99. The predicted molar refractivity (Wildman–Crippen MR) is 135 cm³/mol. The number of carbonyl (C=O) groups excluding carboxylic acids is 1. The minimum atomic E-state index is -0.239. The van der Waals surface area contributed by atoms with Crippen LogP contribution in [0, 0.1) is 5.82 Å². The molecule has 4 aromatic rings. The lowest BCUT2D eigenvalue weighted by atomic mass is 10.0. The minimum absolute atomic E-state index is 0.0451. The first-order chi connectivity index (χ1) is 16.0. The number of thiazole rings is 1. The normalized spacial score (nSPS) is 11.3. The van der Waals surface area contributed by atoms with Crippen molar-refractivity contribution in [1.29, 1.82) is 0 Å². The molecule has 0 aliphatic heterocycles. The van der Waals surface area contributed by atoms with E-state index in [2.05, 4.69) is 37.0 Å². The van der Waals surface area contributed by atoms with E-state index in [0.29, 0.717) is 18.9 Å². The van der Waals surface area contributed by atoms with Crippen LogP contribution in [0.1, 0.15) is 43.7 Å². The summed E-state index contributed by atoms with van der Waals surface area (Å²) in [7, 11) is 0. The quantitative estimate of drug-likeness (QED) is 0.190. The van der Waals surface area contributed by atoms with Crippen LogP contribution in [-0.2, 0) is 11.3 Å². The Morgan fingerprint density at radius 2 is 1.94 bits per heavy atom. The van der Waals surface area contributed by atoms with Gasteiger partial charge in [-0.1, -0.05) is 43.4 Å². The Morgan fingerprint density at radius 1 is 1.12 bits per heavy atom. The van der Waals surface area contributed by atoms with Crippen molar-refractivity contribution in [3.05, 3.63) is 83.9 Å². The zero-order valence-electron chi connectivity index (χ0n) is 18.7. The summed E-state index contributed by atoms with van der Waals surface area (Å²) in [6.45, 7) is 4.75. The maximum atomic E-state index is 13.3. The van der Waals surface area contributed by atoms with Crippen LogP contribution in [-0.4, -0.2) is 21.6 Å². The number of aromatic nitrogens is 2. The molecule has 0 aliphatic carbocycles. The molecular weight excluding hydrogens is 453 g/mol. The second kappa shape index (κ2) is 10.9. The fourth-order valence-corrected chi connectivity index (χ4v) is 5.43. The molecule has 7 heteroatoms. The average Bonchev–Trinajstić information content (AvgIpc) is 3.26. The fourth-order valence-electron chi connectivity index (χ4n) is 3.56. The first kappa shape index (κ1) is 23.4. The molecule has 33 heavy (non-hydrogen) atoms. The summed E-state index contributed by atoms with van der Waals surface area (Å²) in [5, 5.41) is 0.721. The van der Waals surface area contributed by atoms with Gasteiger partial charge in [0.2, 0.25) is 5.91 Å². The molecule has 1 amide bonds. The number of nitrogens with zero attached hydrogens (tertiary/aromatic N) is 3. The molecule has 0 fully saturated rings. The van der Waals surface area contributed by atoms with E-state index in [4.69, 9.17) is 4.98 Å². The summed E-state index contributed by atoms with van der Waals surface area (Å²) < 4.78 is 14.2. The molecule has 170 valence electrons. The van der Waals surface area contributed by atoms with E-state index in [1.165, 1.54) is 17.7 Å². The van der Waals surface area contributed by atoms with Gasteiger partial charge in [-0.3, -0.25) is 14.7 Å². The highest BCUT2D eigenvalue weighted by Crippen LogP contribution is 2.34. The number of hydrogen-bond acceptors (Lipinski definition) is 5. The zero-order valence-corrected chi connectivity index (χ0v) is 20.3. The van der Waals surface area contributed by atoms with E-state index in [1.54, 1.807) is 52.5 Å². The van der Waals surface area contributed by atoms with E-state index in [0.717, 1.165) is 38.0 Å². The van der Waals surface area contributed by atoms with E-state index in [1.807, 2.05) is 12.1 Å². The summed E-state index contributed by atoms with van der Waals surface area (Å²) in [4.78, 5) is 25.2. The largest absolute Gasteiger partial charge is 0.284 e. The Balaban J connectivity index is 1.51. The van der Waals surface area contributed by atoms with E-state index in [9.17, 15) is 9.18 Å². The van der Waals surface area contributed by atoms with Crippen LogP contribution in [0.25, 0.3) is 10.2 Å². The SMILES string of the molecule is CC(C)c1cccc2sc(N(Cc3cccnc3)C(=O)CCCSc3ccc(F)cc3)nc12. The number of carbonyl (C=O) groups is 1. The van der Waals surface area contributed by atoms with Crippen molar-refractivity contribution in [2.45, 2.75) is 44.0 Å². The Labute approximate surface area is 201 Å². The number of hydrogen-bond donors (Lipinski definition) is 0. The third-order valence-electron chi connectivity index (χ3n) is 5.27. The van der Waals surface area contributed by atoms with Crippen molar-refractivity contribution in [1.82, 2.24) is 9.97 Å². The maximum Gasteiger partial charge on any atom is 0.229 e. The standard InChI is InChI=1S/C26H26FN3OS2/c1-18(2)22-7-3-8-23-25(22)29-26(33-23)30(17-19-6-4-14-28-16-19)24(31)9-5-15-32-21-12-10-20(27)11-13-21/h3-4,6-8,10-14,16,18H,5,9,15,17H2,1-2H3. The Morgan fingerprint density at radius 3 is 2.67 bits per heavy atom. The second-order valence-electron chi connectivity index (χ2n) is 8.09. The number of amides is 1. The lowest BCUT2D eigenvalue weighted by molar-refractivity contribution is -0.118. The monoisotopic (exact) mass is 479 g/mol. The van der Waals surface area contributed by atoms with Gasteiger partial charge in [0.25, 0.3) is 0 Å². The minimum Gasteiger partial charge on any atom is -0.284 e. The molecule has 0 radical (unpaired) electrons. The molecule has 2 heterocycles. The molecule has 0 atom stereocenters. The molecule has 0 spiro atoms. The number of anilines is 1. The third-order valence-corrected chi connectivity index (χ3v) is 7.42. The van der Waals surface area contributed by atoms with E-state index >= 15 is 0 Å². The van der Waals surface area contributed by atoms with Crippen LogP contribution in [0.5, 0.6) is 0 Å². The van der Waals surface area contributed by atoms with Crippen molar-refractivity contribution in [3.63, 3.8) is 0 Å². The van der Waals surface area contributed by atoms with Crippen molar-refractivity contribution in [2.24, 2.45) is 0 Å². The molecule has 0 saturated carbocycles. The lowest BCUT2D eigenvalue weighted by Crippen LogP contribution is -2.30. The topological polar surface area (TPSA) is 46.1 Å². The van der Waals surface area contributed by atoms with Crippen molar-refractivity contribution in [2.75, 3.05) is 10.7 Å². The lowest BCUT2D eigenvalue weighted by Gasteiger charge is -2.20. The second-order valence-corrected chi connectivity index (χ2v) is 10.3. The number of rotatable bonds is 9. The molecular formula is C26H26FN3OS2. The number of halogens is 1. The number of fused-ring (bicyclic) bond motifs is 1. The smallest absolute Gasteiger partial charge is 0.229 e. The first-order valence-corrected chi connectivity index (χ1v) is 12.8. The Hall–Kier alpha value is -2.77. The summed E-state index contributed by atoms with van der Waals surface area (Å²) in [5.41, 5.74) is 3.14. The van der Waals surface area contributed by atoms with Gasteiger partial charge in [0.05, 0.1) is 16.8 Å². The Kier molecular flexibility index (Phi) is 7.73. The number of pyridine rings is 1. The maximum absolute atomic E-state index is 13.3. The van der Waals surface area contributed by atoms with Gasteiger partial charge < -0.3 is 0 Å². The predicted octanol–water partition coefficient (Wildman–Crippen LogP) is 7.06. The van der Waals surface area contributed by atoms with Gasteiger partial charge in [0, 0.05) is 23.7 Å². The molecule has 4 nitrogen and oxygen atoms in total. The van der Waals surface area contributed by atoms with Crippen LogP contribution >= 0.6 is 23.1 Å². The van der Waals surface area contributed by atoms with Crippen LogP contribution in [0.4, 0.5) is 9.52 Å². The molecule has 2 aromatic heterocycles. The average molecular weight is 480 g/mol. The highest BCUT2D eigenvalue weighted by atomic mass is 32.2. The van der Waals surface area contributed by atoms with Gasteiger partial charge in [0.15, 0.2) is 5.13 Å². The summed E-state index contributed by atoms with van der Waals surface area (Å²) in [5.74, 6) is 0.950. The van der Waals surface area contributed by atoms with Gasteiger partial charge in [0.1, 0.15) is 5.82 Å². The first-order valence-electron chi connectivity index (χ1n) is 11.0.